The second-order valence-electron chi connectivity index (χ2n) is 4.96. The Morgan fingerprint density at radius 3 is 2.53 bits per heavy atom. The highest BCUT2D eigenvalue weighted by Crippen LogP contribution is 2.31. The molecule has 1 heterocycles. The molecule has 0 spiro atoms. The van der Waals surface area contributed by atoms with E-state index in [0.29, 0.717) is 6.04 Å². The van der Waals surface area contributed by atoms with Gasteiger partial charge in [-0.3, -0.25) is 0 Å². The lowest BCUT2D eigenvalue weighted by Gasteiger charge is -2.22. The number of rotatable bonds is 3. The van der Waals surface area contributed by atoms with Crippen LogP contribution in [0.15, 0.2) is 52.8 Å². The van der Waals surface area contributed by atoms with Crippen molar-refractivity contribution in [3.63, 3.8) is 0 Å². The van der Waals surface area contributed by atoms with Crippen LogP contribution >= 0.6 is 0 Å². The molecule has 1 aliphatic carbocycles. The molecule has 0 saturated heterocycles. The van der Waals surface area contributed by atoms with Crippen LogP contribution in [0.2, 0.25) is 0 Å². The zero-order chi connectivity index (χ0) is 12.9. The maximum absolute atomic E-state index is 4.42. The monoisotopic (exact) mass is 254 g/mol. The summed E-state index contributed by atoms with van der Waals surface area (Å²) >= 11 is 0. The van der Waals surface area contributed by atoms with Crippen molar-refractivity contribution in [1.29, 1.82) is 0 Å². The lowest BCUT2D eigenvalue weighted by atomic mass is 9.96. The standard InChI is InChI=1S/C15H18N4/c1-3-7-13(8-4-1)17-18-15-11-12-16-19(15)14-9-5-2-6-10-14/h1,3-4,7-8,11-12,14H,2,5-6,9-10H2. The van der Waals surface area contributed by atoms with Gasteiger partial charge in [-0.1, -0.05) is 37.5 Å². The minimum absolute atomic E-state index is 0.494. The van der Waals surface area contributed by atoms with Crippen LogP contribution in [0.5, 0.6) is 0 Å². The number of aromatic nitrogens is 2. The fourth-order valence-electron chi connectivity index (χ4n) is 2.60. The van der Waals surface area contributed by atoms with Crippen molar-refractivity contribution in [3.8, 4) is 0 Å². The summed E-state index contributed by atoms with van der Waals surface area (Å²) in [5, 5.41) is 13.0. The molecular weight excluding hydrogens is 236 g/mol. The Bertz CT molecular complexity index is 538. The lowest BCUT2D eigenvalue weighted by molar-refractivity contribution is 0.331. The van der Waals surface area contributed by atoms with Crippen LogP contribution in [0.1, 0.15) is 38.1 Å². The zero-order valence-electron chi connectivity index (χ0n) is 10.9. The van der Waals surface area contributed by atoms with E-state index in [-0.39, 0.29) is 0 Å². The van der Waals surface area contributed by atoms with Gasteiger partial charge in [0.15, 0.2) is 5.82 Å². The van der Waals surface area contributed by atoms with Crippen LogP contribution in [0.25, 0.3) is 0 Å². The van der Waals surface area contributed by atoms with Gasteiger partial charge in [0.25, 0.3) is 0 Å². The topological polar surface area (TPSA) is 42.5 Å². The van der Waals surface area contributed by atoms with E-state index in [1.165, 1.54) is 32.1 Å². The van der Waals surface area contributed by atoms with Gasteiger partial charge < -0.3 is 0 Å². The molecule has 0 amide bonds. The molecular formula is C15H18N4. The third-order valence-corrected chi connectivity index (χ3v) is 3.59. The van der Waals surface area contributed by atoms with E-state index in [9.17, 15) is 0 Å². The minimum Gasteiger partial charge on any atom is -0.243 e. The van der Waals surface area contributed by atoms with Gasteiger partial charge in [-0.05, 0) is 25.0 Å². The van der Waals surface area contributed by atoms with Crippen molar-refractivity contribution < 1.29 is 0 Å². The van der Waals surface area contributed by atoms with Crippen LogP contribution in [0, 0.1) is 0 Å². The molecule has 1 aliphatic rings. The highest BCUT2D eigenvalue weighted by atomic mass is 15.4. The third kappa shape index (κ3) is 2.89. The number of nitrogens with zero attached hydrogens (tertiary/aromatic N) is 4. The van der Waals surface area contributed by atoms with Gasteiger partial charge >= 0.3 is 0 Å². The second-order valence-corrected chi connectivity index (χ2v) is 4.96. The molecule has 19 heavy (non-hydrogen) atoms. The van der Waals surface area contributed by atoms with E-state index in [1.54, 1.807) is 0 Å². The first kappa shape index (κ1) is 12.1. The van der Waals surface area contributed by atoms with Crippen LogP contribution in [0.4, 0.5) is 11.5 Å². The van der Waals surface area contributed by atoms with Gasteiger partial charge in [0, 0.05) is 6.07 Å². The summed E-state index contributed by atoms with van der Waals surface area (Å²) in [6, 6.07) is 12.2. The quantitative estimate of drug-likeness (QED) is 0.725. The molecule has 4 heteroatoms. The summed E-state index contributed by atoms with van der Waals surface area (Å²) in [6.45, 7) is 0. The molecule has 1 aromatic heterocycles. The van der Waals surface area contributed by atoms with Gasteiger partial charge in [-0.2, -0.15) is 5.10 Å². The largest absolute Gasteiger partial charge is 0.243 e. The van der Waals surface area contributed by atoms with Gasteiger partial charge in [0.2, 0.25) is 0 Å². The number of hydrogen-bond acceptors (Lipinski definition) is 3. The first-order chi connectivity index (χ1) is 9.43. The Balaban J connectivity index is 1.78. The maximum atomic E-state index is 4.42. The number of azo groups is 1. The van der Waals surface area contributed by atoms with Crippen LogP contribution in [-0.4, -0.2) is 9.78 Å². The molecule has 0 N–H and O–H groups in total. The van der Waals surface area contributed by atoms with Crippen molar-refractivity contribution >= 4 is 11.5 Å². The lowest BCUT2D eigenvalue weighted by Crippen LogP contribution is -2.13. The molecule has 3 rings (SSSR count). The predicted octanol–water partition coefficient (Wildman–Crippen LogP) is 4.80. The summed E-state index contributed by atoms with van der Waals surface area (Å²) in [7, 11) is 0. The fourth-order valence-corrected chi connectivity index (χ4v) is 2.60. The maximum Gasteiger partial charge on any atom is 0.173 e. The summed E-state index contributed by atoms with van der Waals surface area (Å²) in [4.78, 5) is 0. The highest BCUT2D eigenvalue weighted by Gasteiger charge is 2.17. The first-order valence-electron chi connectivity index (χ1n) is 6.94. The van der Waals surface area contributed by atoms with Crippen molar-refractivity contribution in [2.45, 2.75) is 38.1 Å². The number of benzene rings is 1. The Labute approximate surface area is 113 Å². The third-order valence-electron chi connectivity index (χ3n) is 3.59. The molecule has 0 aliphatic heterocycles. The smallest absolute Gasteiger partial charge is 0.173 e. The van der Waals surface area contributed by atoms with Gasteiger partial charge in [-0.15, -0.1) is 10.2 Å². The molecule has 0 bridgehead atoms. The van der Waals surface area contributed by atoms with Crippen molar-refractivity contribution in [3.05, 3.63) is 42.6 Å². The van der Waals surface area contributed by atoms with Gasteiger partial charge in [-0.25, -0.2) is 4.68 Å². The Kier molecular flexibility index (Phi) is 3.68. The highest BCUT2D eigenvalue weighted by molar-refractivity contribution is 5.36. The second kappa shape index (κ2) is 5.78. The van der Waals surface area contributed by atoms with Crippen LogP contribution < -0.4 is 0 Å². The van der Waals surface area contributed by atoms with E-state index in [4.69, 9.17) is 0 Å². The van der Waals surface area contributed by atoms with E-state index >= 15 is 0 Å². The molecule has 2 aromatic rings. The van der Waals surface area contributed by atoms with Crippen LogP contribution in [-0.2, 0) is 0 Å². The summed E-state index contributed by atoms with van der Waals surface area (Å²) in [5.41, 5.74) is 0.874. The summed E-state index contributed by atoms with van der Waals surface area (Å²) < 4.78 is 2.03. The average molecular weight is 254 g/mol. The van der Waals surface area contributed by atoms with Gasteiger partial charge in [0.1, 0.15) is 0 Å². The minimum atomic E-state index is 0.494. The normalized spacial score (nSPS) is 17.1. The van der Waals surface area contributed by atoms with E-state index in [2.05, 4.69) is 15.3 Å². The van der Waals surface area contributed by atoms with Crippen molar-refractivity contribution in [2.75, 3.05) is 0 Å². The molecule has 0 atom stereocenters. The van der Waals surface area contributed by atoms with Crippen molar-refractivity contribution in [2.24, 2.45) is 10.2 Å². The molecule has 1 aromatic carbocycles. The molecule has 98 valence electrons. The Morgan fingerprint density at radius 1 is 0.947 bits per heavy atom. The van der Waals surface area contributed by atoms with E-state index < -0.39 is 0 Å². The fraction of sp³-hybridized carbons (Fsp3) is 0.400. The molecule has 4 nitrogen and oxygen atoms in total. The Morgan fingerprint density at radius 2 is 1.74 bits per heavy atom. The first-order valence-corrected chi connectivity index (χ1v) is 6.94. The van der Waals surface area contributed by atoms with Crippen molar-refractivity contribution in [1.82, 2.24) is 9.78 Å². The molecule has 1 fully saturated rings. The summed E-state index contributed by atoms with van der Waals surface area (Å²) in [5.74, 6) is 0.857. The summed E-state index contributed by atoms with van der Waals surface area (Å²) in [6.07, 6.45) is 8.15. The molecule has 0 radical (unpaired) electrons. The van der Waals surface area contributed by atoms with E-state index in [1.807, 2.05) is 47.3 Å². The zero-order valence-corrected chi connectivity index (χ0v) is 10.9. The molecule has 0 unspecified atom stereocenters. The predicted molar refractivity (Wildman–Crippen MR) is 75.0 cm³/mol. The molecule has 1 saturated carbocycles. The van der Waals surface area contributed by atoms with E-state index in [0.717, 1.165) is 11.5 Å². The Hall–Kier alpha value is -1.97. The van der Waals surface area contributed by atoms with Crippen LogP contribution in [0.3, 0.4) is 0 Å². The van der Waals surface area contributed by atoms with Gasteiger partial charge in [0.05, 0.1) is 17.9 Å². The average Bonchev–Trinajstić information content (AvgIpc) is 2.95. The SMILES string of the molecule is c1ccc(N=Nc2ccnn2C2CCCCC2)cc1. The number of hydrogen-bond donors (Lipinski definition) is 0.